The Morgan fingerprint density at radius 1 is 1.00 bits per heavy atom. The van der Waals surface area contributed by atoms with Crippen LogP contribution in [0.1, 0.15) is 37.6 Å². The quantitative estimate of drug-likeness (QED) is 0.434. The molecule has 29 heavy (non-hydrogen) atoms. The SMILES string of the molecule is COc1ccc(NC(=S)Nc2nc(C)c(O[Si](C)(C)C(C)(C)C)c(C)c2C)cc1. The van der Waals surface area contributed by atoms with E-state index in [0.29, 0.717) is 5.11 Å². The lowest BCUT2D eigenvalue weighted by Crippen LogP contribution is -2.44. The van der Waals surface area contributed by atoms with Gasteiger partial charge in [0, 0.05) is 5.69 Å². The summed E-state index contributed by atoms with van der Waals surface area (Å²) in [4.78, 5) is 4.75. The second kappa shape index (κ2) is 8.71. The van der Waals surface area contributed by atoms with Crippen LogP contribution in [0.3, 0.4) is 0 Å². The van der Waals surface area contributed by atoms with Crippen molar-refractivity contribution in [3.05, 3.63) is 41.1 Å². The van der Waals surface area contributed by atoms with E-state index in [9.17, 15) is 0 Å². The second-order valence-corrected chi connectivity index (χ2v) is 13.9. The van der Waals surface area contributed by atoms with Crippen LogP contribution in [0.25, 0.3) is 0 Å². The molecule has 0 fully saturated rings. The van der Waals surface area contributed by atoms with Gasteiger partial charge in [-0.25, -0.2) is 4.98 Å². The van der Waals surface area contributed by atoms with Gasteiger partial charge in [-0.05, 0) is 86.5 Å². The van der Waals surface area contributed by atoms with Crippen LogP contribution in [0.2, 0.25) is 18.1 Å². The molecule has 1 aromatic heterocycles. The number of methoxy groups -OCH3 is 1. The van der Waals surface area contributed by atoms with E-state index in [2.05, 4.69) is 51.4 Å². The Hall–Kier alpha value is -2.12. The predicted molar refractivity (Wildman–Crippen MR) is 129 cm³/mol. The summed E-state index contributed by atoms with van der Waals surface area (Å²) >= 11 is 5.48. The van der Waals surface area contributed by atoms with E-state index >= 15 is 0 Å². The van der Waals surface area contributed by atoms with E-state index in [1.165, 1.54) is 0 Å². The summed E-state index contributed by atoms with van der Waals surface area (Å²) in [5, 5.41) is 7.02. The number of aromatic nitrogens is 1. The summed E-state index contributed by atoms with van der Waals surface area (Å²) in [7, 11) is -0.303. The normalized spacial score (nSPS) is 11.8. The molecule has 0 unspecified atom stereocenters. The Bertz CT molecular complexity index is 890. The number of benzene rings is 1. The average molecular weight is 432 g/mol. The molecule has 0 atom stereocenters. The first-order chi connectivity index (χ1) is 13.4. The molecule has 0 spiro atoms. The van der Waals surface area contributed by atoms with Gasteiger partial charge in [0.05, 0.1) is 12.8 Å². The number of anilines is 2. The first kappa shape index (κ1) is 23.2. The minimum absolute atomic E-state index is 0.126. The van der Waals surface area contributed by atoms with Crippen molar-refractivity contribution in [3.8, 4) is 11.5 Å². The van der Waals surface area contributed by atoms with Gasteiger partial charge in [-0.1, -0.05) is 20.8 Å². The number of aryl methyl sites for hydroxylation is 1. The minimum Gasteiger partial charge on any atom is -0.542 e. The smallest absolute Gasteiger partial charge is 0.250 e. The fourth-order valence-electron chi connectivity index (χ4n) is 2.55. The Balaban J connectivity index is 2.21. The minimum atomic E-state index is -1.95. The van der Waals surface area contributed by atoms with Crippen molar-refractivity contribution in [2.24, 2.45) is 0 Å². The molecule has 158 valence electrons. The summed E-state index contributed by atoms with van der Waals surface area (Å²) in [6.07, 6.45) is 0. The molecular formula is C22H33N3O2SSi. The molecule has 1 aromatic carbocycles. The van der Waals surface area contributed by atoms with Gasteiger partial charge in [0.25, 0.3) is 8.32 Å². The maximum Gasteiger partial charge on any atom is 0.250 e. The first-order valence-corrected chi connectivity index (χ1v) is 13.1. The predicted octanol–water partition coefficient (Wildman–Crippen LogP) is 6.21. The standard InChI is InChI=1S/C22H33N3O2SSi/c1-14-15(2)20(23-16(3)19(14)27-29(8,9)22(4,5)6)25-21(28)24-17-10-12-18(26-7)13-11-17/h10-13H,1-9H3,(H2,23,24,25,28). The van der Waals surface area contributed by atoms with Crippen LogP contribution in [0.5, 0.6) is 11.5 Å². The van der Waals surface area contributed by atoms with E-state index in [0.717, 1.165) is 39.8 Å². The zero-order valence-corrected chi connectivity index (χ0v) is 20.8. The molecule has 0 aliphatic carbocycles. The Labute approximate surface area is 181 Å². The van der Waals surface area contributed by atoms with Gasteiger partial charge in [0.1, 0.15) is 17.3 Å². The summed E-state index contributed by atoms with van der Waals surface area (Å²) in [5.74, 6) is 2.44. The number of thiocarbonyl (C=S) groups is 1. The topological polar surface area (TPSA) is 55.4 Å². The second-order valence-electron chi connectivity index (χ2n) is 8.79. The molecule has 0 amide bonds. The third-order valence-corrected chi connectivity index (χ3v) is 10.1. The number of nitrogens with zero attached hydrogens (tertiary/aromatic N) is 1. The molecule has 5 nitrogen and oxygen atoms in total. The van der Waals surface area contributed by atoms with Crippen LogP contribution in [0.15, 0.2) is 24.3 Å². The molecular weight excluding hydrogens is 398 g/mol. The number of hydrogen-bond donors (Lipinski definition) is 2. The lowest BCUT2D eigenvalue weighted by molar-refractivity contribution is 0.415. The number of pyridine rings is 1. The van der Waals surface area contributed by atoms with Gasteiger partial charge in [0.15, 0.2) is 5.11 Å². The fourth-order valence-corrected chi connectivity index (χ4v) is 3.88. The fraction of sp³-hybridized carbons (Fsp3) is 0.455. The Morgan fingerprint density at radius 2 is 1.59 bits per heavy atom. The van der Waals surface area contributed by atoms with Crippen molar-refractivity contribution < 1.29 is 9.16 Å². The molecule has 0 radical (unpaired) electrons. The number of rotatable bonds is 5. The lowest BCUT2D eigenvalue weighted by atomic mass is 10.1. The average Bonchev–Trinajstić information content (AvgIpc) is 2.63. The third-order valence-electron chi connectivity index (χ3n) is 5.61. The first-order valence-electron chi connectivity index (χ1n) is 9.74. The van der Waals surface area contributed by atoms with Gasteiger partial charge in [-0.15, -0.1) is 0 Å². The van der Waals surface area contributed by atoms with E-state index in [4.69, 9.17) is 26.4 Å². The van der Waals surface area contributed by atoms with Crippen LogP contribution < -0.4 is 19.8 Å². The van der Waals surface area contributed by atoms with Crippen molar-refractivity contribution in [2.45, 2.75) is 59.7 Å². The monoisotopic (exact) mass is 431 g/mol. The molecule has 0 aliphatic rings. The zero-order chi connectivity index (χ0) is 22.0. The van der Waals surface area contributed by atoms with Crippen LogP contribution in [0.4, 0.5) is 11.5 Å². The maximum atomic E-state index is 6.57. The third kappa shape index (κ3) is 5.48. The molecule has 7 heteroatoms. The van der Waals surface area contributed by atoms with Gasteiger partial charge in [-0.3, -0.25) is 0 Å². The molecule has 0 saturated heterocycles. The summed E-state index contributed by atoms with van der Waals surface area (Å²) in [6.45, 7) is 17.3. The molecule has 2 aromatic rings. The summed E-state index contributed by atoms with van der Waals surface area (Å²) in [5.41, 5.74) is 3.88. The number of hydrogen-bond acceptors (Lipinski definition) is 4. The van der Waals surface area contributed by atoms with Crippen molar-refractivity contribution in [2.75, 3.05) is 17.7 Å². The van der Waals surface area contributed by atoms with E-state index in [-0.39, 0.29) is 5.04 Å². The largest absolute Gasteiger partial charge is 0.542 e. The molecule has 2 rings (SSSR count). The zero-order valence-electron chi connectivity index (χ0n) is 19.0. The summed E-state index contributed by atoms with van der Waals surface area (Å²) in [6, 6.07) is 7.60. The molecule has 0 bridgehead atoms. The van der Waals surface area contributed by atoms with Crippen molar-refractivity contribution in [1.82, 2.24) is 4.98 Å². The molecule has 0 saturated carbocycles. The van der Waals surface area contributed by atoms with Crippen LogP contribution in [-0.2, 0) is 0 Å². The highest BCUT2D eigenvalue weighted by Gasteiger charge is 2.39. The number of nitrogens with one attached hydrogen (secondary N) is 2. The van der Waals surface area contributed by atoms with Gasteiger partial charge in [0.2, 0.25) is 0 Å². The summed E-state index contributed by atoms with van der Waals surface area (Å²) < 4.78 is 11.8. The van der Waals surface area contributed by atoms with Crippen molar-refractivity contribution in [1.29, 1.82) is 0 Å². The molecule has 0 aliphatic heterocycles. The highest BCUT2D eigenvalue weighted by atomic mass is 32.1. The van der Waals surface area contributed by atoms with Crippen LogP contribution in [-0.4, -0.2) is 25.5 Å². The molecule has 2 N–H and O–H groups in total. The Kier molecular flexibility index (Phi) is 6.96. The van der Waals surface area contributed by atoms with E-state index in [1.807, 2.05) is 38.1 Å². The molecule has 1 heterocycles. The van der Waals surface area contributed by atoms with Crippen LogP contribution in [0, 0.1) is 20.8 Å². The lowest BCUT2D eigenvalue weighted by Gasteiger charge is -2.37. The van der Waals surface area contributed by atoms with Gasteiger partial charge in [-0.2, -0.15) is 0 Å². The maximum absolute atomic E-state index is 6.57. The highest BCUT2D eigenvalue weighted by molar-refractivity contribution is 7.80. The number of ether oxygens (including phenoxy) is 1. The highest BCUT2D eigenvalue weighted by Crippen LogP contribution is 2.40. The van der Waals surface area contributed by atoms with Crippen molar-refractivity contribution in [3.63, 3.8) is 0 Å². The Morgan fingerprint density at radius 3 is 2.10 bits per heavy atom. The van der Waals surface area contributed by atoms with E-state index in [1.54, 1.807) is 7.11 Å². The van der Waals surface area contributed by atoms with Gasteiger partial charge >= 0.3 is 0 Å². The van der Waals surface area contributed by atoms with E-state index < -0.39 is 8.32 Å². The van der Waals surface area contributed by atoms with Gasteiger partial charge < -0.3 is 19.8 Å². The van der Waals surface area contributed by atoms with Crippen molar-refractivity contribution >= 4 is 37.2 Å². The van der Waals surface area contributed by atoms with Crippen LogP contribution >= 0.6 is 12.2 Å².